The van der Waals surface area contributed by atoms with Gasteiger partial charge in [-0.3, -0.25) is 9.59 Å². The normalized spacial score (nSPS) is 20.6. The zero-order valence-corrected chi connectivity index (χ0v) is 12.9. The summed E-state index contributed by atoms with van der Waals surface area (Å²) in [5.41, 5.74) is 1.14. The molecule has 0 saturated heterocycles. The highest BCUT2D eigenvalue weighted by Crippen LogP contribution is 2.25. The quantitative estimate of drug-likeness (QED) is 0.759. The number of rotatable bonds is 7. The zero-order chi connectivity index (χ0) is 15.9. The van der Waals surface area contributed by atoms with Gasteiger partial charge in [0.15, 0.2) is 0 Å². The molecule has 0 radical (unpaired) electrons. The number of carboxylic acid groups (broad SMARTS) is 1. The smallest absolute Gasteiger partial charge is 0.306 e. The number of nitrogens with one attached hydrogen (secondary N) is 1. The number of hydrogen-bond donors (Lipinski definition) is 2. The Bertz CT molecular complexity index is 529. The summed E-state index contributed by atoms with van der Waals surface area (Å²) in [5.74, 6) is -0.275. The van der Waals surface area contributed by atoms with Crippen molar-refractivity contribution >= 4 is 11.9 Å². The first-order valence-corrected chi connectivity index (χ1v) is 7.76. The molecule has 22 heavy (non-hydrogen) atoms. The maximum Gasteiger partial charge on any atom is 0.306 e. The zero-order valence-electron chi connectivity index (χ0n) is 12.9. The molecule has 0 bridgehead atoms. The van der Waals surface area contributed by atoms with E-state index in [0.29, 0.717) is 32.3 Å². The molecule has 1 aromatic carbocycles. The Labute approximate surface area is 130 Å². The molecule has 0 heterocycles. The standard InChI is InChI=1S/C17H23NO4/c1-12-4-2-5-15(10-12)22-9-3-6-16(19)18-14-8-7-13(11-14)17(20)21/h2,4-5,10,13-14H,3,6-9,11H2,1H3,(H,18,19)(H,20,21)/t13-,14+/m0/s1. The highest BCUT2D eigenvalue weighted by Gasteiger charge is 2.30. The number of benzene rings is 1. The molecule has 0 aliphatic heterocycles. The number of ether oxygens (including phenoxy) is 1. The molecule has 2 atom stereocenters. The second kappa shape index (κ2) is 7.82. The van der Waals surface area contributed by atoms with Crippen LogP contribution < -0.4 is 10.1 Å². The van der Waals surface area contributed by atoms with Crippen LogP contribution in [0.4, 0.5) is 0 Å². The molecule has 1 aliphatic carbocycles. The van der Waals surface area contributed by atoms with E-state index >= 15 is 0 Å². The third-order valence-electron chi connectivity index (χ3n) is 3.95. The minimum Gasteiger partial charge on any atom is -0.494 e. The molecular weight excluding hydrogens is 282 g/mol. The van der Waals surface area contributed by atoms with Gasteiger partial charge in [0.05, 0.1) is 12.5 Å². The van der Waals surface area contributed by atoms with Crippen LogP contribution in [0.3, 0.4) is 0 Å². The third kappa shape index (κ3) is 5.06. The summed E-state index contributed by atoms with van der Waals surface area (Å²) in [6.45, 7) is 2.51. The highest BCUT2D eigenvalue weighted by molar-refractivity contribution is 5.76. The largest absolute Gasteiger partial charge is 0.494 e. The molecule has 120 valence electrons. The van der Waals surface area contributed by atoms with E-state index in [1.165, 1.54) is 0 Å². The Morgan fingerprint density at radius 2 is 2.18 bits per heavy atom. The number of carbonyl (C=O) groups is 2. The number of amides is 1. The van der Waals surface area contributed by atoms with Crippen molar-refractivity contribution in [1.82, 2.24) is 5.32 Å². The lowest BCUT2D eigenvalue weighted by Gasteiger charge is -2.12. The van der Waals surface area contributed by atoms with Crippen molar-refractivity contribution in [3.8, 4) is 5.75 Å². The summed E-state index contributed by atoms with van der Waals surface area (Å²) < 4.78 is 5.60. The van der Waals surface area contributed by atoms with Gasteiger partial charge in [0.2, 0.25) is 5.91 Å². The van der Waals surface area contributed by atoms with Gasteiger partial charge < -0.3 is 15.2 Å². The van der Waals surface area contributed by atoms with Gasteiger partial charge in [-0.25, -0.2) is 0 Å². The lowest BCUT2D eigenvalue weighted by Crippen LogP contribution is -2.33. The molecule has 1 aromatic rings. The molecule has 1 amide bonds. The molecule has 0 aromatic heterocycles. The van der Waals surface area contributed by atoms with Gasteiger partial charge in [-0.15, -0.1) is 0 Å². The van der Waals surface area contributed by atoms with Crippen LogP contribution in [0.1, 0.15) is 37.7 Å². The molecule has 2 N–H and O–H groups in total. The van der Waals surface area contributed by atoms with Gasteiger partial charge in [-0.05, 0) is 50.3 Å². The summed E-state index contributed by atoms with van der Waals surface area (Å²) in [4.78, 5) is 22.7. The van der Waals surface area contributed by atoms with E-state index in [1.54, 1.807) is 0 Å². The van der Waals surface area contributed by atoms with E-state index < -0.39 is 5.97 Å². The monoisotopic (exact) mass is 305 g/mol. The predicted molar refractivity (Wildman–Crippen MR) is 82.8 cm³/mol. The van der Waals surface area contributed by atoms with Crippen LogP contribution in [0, 0.1) is 12.8 Å². The van der Waals surface area contributed by atoms with E-state index in [2.05, 4.69) is 5.32 Å². The van der Waals surface area contributed by atoms with Crippen molar-refractivity contribution < 1.29 is 19.4 Å². The van der Waals surface area contributed by atoms with Crippen LogP contribution >= 0.6 is 0 Å². The molecule has 0 spiro atoms. The average Bonchev–Trinajstić information content (AvgIpc) is 2.92. The second-order valence-electron chi connectivity index (χ2n) is 5.88. The predicted octanol–water partition coefficient (Wildman–Crippen LogP) is 2.52. The van der Waals surface area contributed by atoms with Crippen LogP contribution in [0.2, 0.25) is 0 Å². The molecular formula is C17H23NO4. The highest BCUT2D eigenvalue weighted by atomic mass is 16.5. The lowest BCUT2D eigenvalue weighted by atomic mass is 10.1. The van der Waals surface area contributed by atoms with Crippen LogP contribution in [-0.2, 0) is 9.59 Å². The van der Waals surface area contributed by atoms with Crippen LogP contribution in [-0.4, -0.2) is 29.6 Å². The summed E-state index contributed by atoms with van der Waals surface area (Å²) in [5, 5.41) is 11.9. The Hall–Kier alpha value is -2.04. The lowest BCUT2D eigenvalue weighted by molar-refractivity contribution is -0.141. The molecule has 2 rings (SSSR count). The van der Waals surface area contributed by atoms with Gasteiger partial charge in [0, 0.05) is 12.5 Å². The molecule has 1 fully saturated rings. The number of hydrogen-bond acceptors (Lipinski definition) is 3. The minimum absolute atomic E-state index is 0.00583. The van der Waals surface area contributed by atoms with Crippen molar-refractivity contribution in [2.24, 2.45) is 5.92 Å². The van der Waals surface area contributed by atoms with Crippen LogP contribution in [0.25, 0.3) is 0 Å². The Balaban J connectivity index is 1.61. The summed E-state index contributed by atoms with van der Waals surface area (Å²) >= 11 is 0. The van der Waals surface area contributed by atoms with Gasteiger partial charge in [-0.2, -0.15) is 0 Å². The van der Waals surface area contributed by atoms with Gasteiger partial charge in [-0.1, -0.05) is 12.1 Å². The summed E-state index contributed by atoms with van der Waals surface area (Å²) in [6.07, 6.45) is 3.00. The van der Waals surface area contributed by atoms with Gasteiger partial charge in [0.25, 0.3) is 0 Å². The number of carbonyl (C=O) groups excluding carboxylic acids is 1. The van der Waals surface area contributed by atoms with Crippen molar-refractivity contribution in [2.45, 2.75) is 45.1 Å². The molecule has 1 saturated carbocycles. The first-order chi connectivity index (χ1) is 10.5. The number of aryl methyl sites for hydroxylation is 1. The summed E-state index contributed by atoms with van der Waals surface area (Å²) in [6, 6.07) is 7.82. The van der Waals surface area contributed by atoms with Crippen LogP contribution in [0.15, 0.2) is 24.3 Å². The Morgan fingerprint density at radius 3 is 2.86 bits per heavy atom. The van der Waals surface area contributed by atoms with E-state index in [1.807, 2.05) is 31.2 Å². The molecule has 5 heteroatoms. The van der Waals surface area contributed by atoms with E-state index in [-0.39, 0.29) is 17.9 Å². The van der Waals surface area contributed by atoms with Crippen molar-refractivity contribution in [3.63, 3.8) is 0 Å². The van der Waals surface area contributed by atoms with Crippen molar-refractivity contribution in [3.05, 3.63) is 29.8 Å². The molecule has 0 unspecified atom stereocenters. The third-order valence-corrected chi connectivity index (χ3v) is 3.95. The first-order valence-electron chi connectivity index (χ1n) is 7.76. The topological polar surface area (TPSA) is 75.6 Å². The van der Waals surface area contributed by atoms with Gasteiger partial charge >= 0.3 is 5.97 Å². The van der Waals surface area contributed by atoms with Gasteiger partial charge in [0.1, 0.15) is 5.75 Å². The van der Waals surface area contributed by atoms with Crippen LogP contribution in [0.5, 0.6) is 5.75 Å². The van der Waals surface area contributed by atoms with E-state index in [4.69, 9.17) is 9.84 Å². The Morgan fingerprint density at radius 1 is 1.36 bits per heavy atom. The fraction of sp³-hybridized carbons (Fsp3) is 0.529. The average molecular weight is 305 g/mol. The summed E-state index contributed by atoms with van der Waals surface area (Å²) in [7, 11) is 0. The maximum atomic E-state index is 11.8. The molecule has 1 aliphatic rings. The van der Waals surface area contributed by atoms with E-state index in [9.17, 15) is 9.59 Å². The molecule has 5 nitrogen and oxygen atoms in total. The Kier molecular flexibility index (Phi) is 5.81. The maximum absolute atomic E-state index is 11.8. The second-order valence-corrected chi connectivity index (χ2v) is 5.88. The van der Waals surface area contributed by atoms with Crippen molar-refractivity contribution in [2.75, 3.05) is 6.61 Å². The van der Waals surface area contributed by atoms with Crippen molar-refractivity contribution in [1.29, 1.82) is 0 Å². The fourth-order valence-electron chi connectivity index (χ4n) is 2.76. The number of carboxylic acids is 1. The SMILES string of the molecule is Cc1cccc(OCCCC(=O)N[C@@H]2CC[C@H](C(=O)O)C2)c1. The first kappa shape index (κ1) is 16.3. The van der Waals surface area contributed by atoms with E-state index in [0.717, 1.165) is 17.7 Å². The number of aliphatic carboxylic acids is 1. The minimum atomic E-state index is -0.761. The fourth-order valence-corrected chi connectivity index (χ4v) is 2.76.